The molecule has 1 heterocycles. The summed E-state index contributed by atoms with van der Waals surface area (Å²) in [5, 5.41) is 6.67. The van der Waals surface area contributed by atoms with E-state index in [1.807, 2.05) is 23.2 Å². The standard InChI is InChI=1S/C23H22N2O/c1-16-9-7-8-12-21(16)25-15-26-23(24-25)22-17(2)13-20(14-18(22)3)19-10-5-4-6-11-19/h4-14H,15H2,1-3H3. The zero-order valence-corrected chi connectivity index (χ0v) is 15.4. The second-order valence-electron chi connectivity index (χ2n) is 6.72. The van der Waals surface area contributed by atoms with Gasteiger partial charge in [-0.25, -0.2) is 5.01 Å². The molecule has 0 aromatic heterocycles. The number of aryl methyl sites for hydroxylation is 3. The highest BCUT2D eigenvalue weighted by atomic mass is 16.5. The molecule has 3 aromatic carbocycles. The number of ether oxygens (including phenoxy) is 1. The Bertz CT molecular complexity index is 954. The predicted molar refractivity (Wildman–Crippen MR) is 107 cm³/mol. The third-order valence-electron chi connectivity index (χ3n) is 4.78. The van der Waals surface area contributed by atoms with E-state index < -0.39 is 0 Å². The molecular formula is C23H22N2O. The molecule has 0 aliphatic carbocycles. The molecule has 130 valence electrons. The average molecular weight is 342 g/mol. The molecule has 4 rings (SSSR count). The molecule has 3 aromatic rings. The van der Waals surface area contributed by atoms with Crippen LogP contribution in [0.2, 0.25) is 0 Å². The molecule has 0 bridgehead atoms. The number of nitrogens with zero attached hydrogens (tertiary/aromatic N) is 2. The van der Waals surface area contributed by atoms with Crippen molar-refractivity contribution in [3.8, 4) is 11.1 Å². The summed E-state index contributed by atoms with van der Waals surface area (Å²) in [6.07, 6.45) is 0. The Hall–Kier alpha value is -3.07. The molecule has 0 amide bonds. The molecular weight excluding hydrogens is 320 g/mol. The van der Waals surface area contributed by atoms with Crippen LogP contribution in [0.4, 0.5) is 5.69 Å². The van der Waals surface area contributed by atoms with Crippen molar-refractivity contribution < 1.29 is 4.74 Å². The monoisotopic (exact) mass is 342 g/mol. The molecule has 3 nitrogen and oxygen atoms in total. The number of anilines is 1. The van der Waals surface area contributed by atoms with E-state index in [4.69, 9.17) is 9.84 Å². The smallest absolute Gasteiger partial charge is 0.241 e. The molecule has 3 heteroatoms. The van der Waals surface area contributed by atoms with Gasteiger partial charge in [-0.15, -0.1) is 5.10 Å². The van der Waals surface area contributed by atoms with Crippen LogP contribution >= 0.6 is 0 Å². The fourth-order valence-electron chi connectivity index (χ4n) is 3.49. The summed E-state index contributed by atoms with van der Waals surface area (Å²) in [5.41, 5.74) is 8.15. The van der Waals surface area contributed by atoms with Crippen molar-refractivity contribution in [3.05, 3.63) is 89.0 Å². The van der Waals surface area contributed by atoms with E-state index in [1.54, 1.807) is 0 Å². The molecule has 0 saturated carbocycles. The van der Waals surface area contributed by atoms with Crippen LogP contribution in [-0.4, -0.2) is 12.6 Å². The van der Waals surface area contributed by atoms with Crippen LogP contribution < -0.4 is 5.01 Å². The first-order valence-corrected chi connectivity index (χ1v) is 8.85. The minimum absolute atomic E-state index is 0.444. The van der Waals surface area contributed by atoms with Crippen LogP contribution in [0.1, 0.15) is 22.3 Å². The Morgan fingerprint density at radius 3 is 2.12 bits per heavy atom. The van der Waals surface area contributed by atoms with Crippen LogP contribution in [-0.2, 0) is 4.74 Å². The van der Waals surface area contributed by atoms with E-state index in [0.717, 1.165) is 11.3 Å². The number of hydrogen-bond donors (Lipinski definition) is 0. The van der Waals surface area contributed by atoms with Gasteiger partial charge in [0.15, 0.2) is 6.73 Å². The second kappa shape index (κ2) is 6.68. The lowest BCUT2D eigenvalue weighted by Crippen LogP contribution is -2.13. The van der Waals surface area contributed by atoms with Gasteiger partial charge in [0.25, 0.3) is 0 Å². The van der Waals surface area contributed by atoms with Gasteiger partial charge < -0.3 is 4.74 Å². The van der Waals surface area contributed by atoms with E-state index >= 15 is 0 Å². The van der Waals surface area contributed by atoms with Gasteiger partial charge in [0.2, 0.25) is 5.90 Å². The molecule has 1 aliphatic heterocycles. The summed E-state index contributed by atoms with van der Waals surface area (Å²) in [5.74, 6) is 0.697. The third kappa shape index (κ3) is 2.97. The molecule has 0 N–H and O–H groups in total. The van der Waals surface area contributed by atoms with E-state index in [0.29, 0.717) is 12.6 Å². The Labute approximate surface area is 154 Å². The molecule has 1 aliphatic rings. The molecule has 26 heavy (non-hydrogen) atoms. The summed E-state index contributed by atoms with van der Waals surface area (Å²) < 4.78 is 5.94. The maximum absolute atomic E-state index is 5.94. The average Bonchev–Trinajstić information content (AvgIpc) is 3.11. The SMILES string of the molecule is Cc1ccccc1N1COC(c2c(C)cc(-c3ccccc3)cc2C)=N1. The largest absolute Gasteiger partial charge is 0.453 e. The lowest BCUT2D eigenvalue weighted by molar-refractivity contribution is 0.337. The molecule has 0 unspecified atom stereocenters. The van der Waals surface area contributed by atoms with Gasteiger partial charge in [-0.1, -0.05) is 60.7 Å². The van der Waals surface area contributed by atoms with E-state index in [9.17, 15) is 0 Å². The lowest BCUT2D eigenvalue weighted by atomic mass is 9.95. The first-order chi connectivity index (χ1) is 12.6. The van der Waals surface area contributed by atoms with Crippen molar-refractivity contribution in [1.82, 2.24) is 0 Å². The molecule has 0 saturated heterocycles. The van der Waals surface area contributed by atoms with Crippen molar-refractivity contribution >= 4 is 11.6 Å². The second-order valence-corrected chi connectivity index (χ2v) is 6.72. The minimum Gasteiger partial charge on any atom is -0.453 e. The van der Waals surface area contributed by atoms with Crippen molar-refractivity contribution in [2.75, 3.05) is 11.7 Å². The van der Waals surface area contributed by atoms with Crippen LogP contribution in [0, 0.1) is 20.8 Å². The number of para-hydroxylation sites is 1. The molecule has 0 fully saturated rings. The highest BCUT2D eigenvalue weighted by Gasteiger charge is 2.22. The Balaban J connectivity index is 1.70. The van der Waals surface area contributed by atoms with Crippen LogP contribution in [0.15, 0.2) is 71.8 Å². The van der Waals surface area contributed by atoms with Crippen LogP contribution in [0.25, 0.3) is 11.1 Å². The number of hydrazone groups is 1. The predicted octanol–water partition coefficient (Wildman–Crippen LogP) is 5.43. The maximum Gasteiger partial charge on any atom is 0.241 e. The zero-order chi connectivity index (χ0) is 18.1. The highest BCUT2D eigenvalue weighted by Crippen LogP contribution is 2.29. The summed E-state index contributed by atoms with van der Waals surface area (Å²) in [6.45, 7) is 6.78. The Morgan fingerprint density at radius 2 is 1.42 bits per heavy atom. The van der Waals surface area contributed by atoms with Crippen molar-refractivity contribution in [2.45, 2.75) is 20.8 Å². The van der Waals surface area contributed by atoms with Crippen LogP contribution in [0.3, 0.4) is 0 Å². The van der Waals surface area contributed by atoms with Crippen molar-refractivity contribution in [2.24, 2.45) is 5.10 Å². The third-order valence-corrected chi connectivity index (χ3v) is 4.78. The normalized spacial score (nSPS) is 13.5. The fraction of sp³-hybridized carbons (Fsp3) is 0.174. The van der Waals surface area contributed by atoms with Crippen molar-refractivity contribution in [3.63, 3.8) is 0 Å². The summed E-state index contributed by atoms with van der Waals surface area (Å²) in [6, 6.07) is 23.1. The molecule has 0 spiro atoms. The van der Waals surface area contributed by atoms with Crippen molar-refractivity contribution in [1.29, 1.82) is 0 Å². The van der Waals surface area contributed by atoms with Gasteiger partial charge in [-0.2, -0.15) is 0 Å². The number of benzene rings is 3. The van der Waals surface area contributed by atoms with Gasteiger partial charge in [0.05, 0.1) is 5.69 Å². The molecule has 0 atom stereocenters. The van der Waals surface area contributed by atoms with Gasteiger partial charge in [0, 0.05) is 5.56 Å². The summed E-state index contributed by atoms with van der Waals surface area (Å²) in [4.78, 5) is 0. The highest BCUT2D eigenvalue weighted by molar-refractivity contribution is 5.99. The number of hydrogen-bond acceptors (Lipinski definition) is 3. The summed E-state index contributed by atoms with van der Waals surface area (Å²) >= 11 is 0. The topological polar surface area (TPSA) is 24.8 Å². The van der Waals surface area contributed by atoms with Gasteiger partial charge in [-0.05, 0) is 54.7 Å². The maximum atomic E-state index is 5.94. The fourth-order valence-corrected chi connectivity index (χ4v) is 3.49. The first-order valence-electron chi connectivity index (χ1n) is 8.85. The Kier molecular flexibility index (Phi) is 4.21. The van der Waals surface area contributed by atoms with E-state index in [-0.39, 0.29) is 0 Å². The van der Waals surface area contributed by atoms with E-state index in [2.05, 4.69) is 69.3 Å². The number of rotatable bonds is 3. The van der Waals surface area contributed by atoms with Gasteiger partial charge >= 0.3 is 0 Å². The summed E-state index contributed by atoms with van der Waals surface area (Å²) in [7, 11) is 0. The van der Waals surface area contributed by atoms with Gasteiger partial charge in [0.1, 0.15) is 0 Å². The lowest BCUT2D eigenvalue weighted by Gasteiger charge is -2.13. The van der Waals surface area contributed by atoms with E-state index in [1.165, 1.54) is 27.8 Å². The first kappa shape index (κ1) is 16.4. The Morgan fingerprint density at radius 1 is 0.769 bits per heavy atom. The zero-order valence-electron chi connectivity index (χ0n) is 15.4. The van der Waals surface area contributed by atoms with Crippen LogP contribution in [0.5, 0.6) is 0 Å². The minimum atomic E-state index is 0.444. The molecule has 0 radical (unpaired) electrons. The van der Waals surface area contributed by atoms with Gasteiger partial charge in [-0.3, -0.25) is 0 Å². The quantitative estimate of drug-likeness (QED) is 0.633.